The molecule has 4 fully saturated rings. The zero-order chi connectivity index (χ0) is 7.42. The van der Waals surface area contributed by atoms with E-state index in [9.17, 15) is 0 Å². The second-order valence-corrected chi connectivity index (χ2v) is 8.75. The van der Waals surface area contributed by atoms with Gasteiger partial charge >= 0.3 is 79.4 Å². The molecule has 0 radical (unpaired) electrons. The summed E-state index contributed by atoms with van der Waals surface area (Å²) in [5.41, 5.74) is 0. The third-order valence-corrected chi connectivity index (χ3v) is 8.60. The molecule has 0 aromatic heterocycles. The Labute approximate surface area is 79.4 Å². The Morgan fingerprint density at radius 2 is 2.00 bits per heavy atom. The molecule has 0 amide bonds. The van der Waals surface area contributed by atoms with Gasteiger partial charge in [-0.1, -0.05) is 0 Å². The van der Waals surface area contributed by atoms with Crippen LogP contribution in [0.15, 0.2) is 0 Å². The molecule has 2 saturated heterocycles. The fourth-order valence-electron chi connectivity index (χ4n) is 3.36. The van der Waals surface area contributed by atoms with Crippen molar-refractivity contribution in [2.24, 2.45) is 17.8 Å². The first-order valence-corrected chi connectivity index (χ1v) is 7.44. The van der Waals surface area contributed by atoms with Crippen LogP contribution in [0, 0.1) is 17.8 Å². The minimum atomic E-state index is 0.636. The van der Waals surface area contributed by atoms with Gasteiger partial charge in [0.1, 0.15) is 0 Å². The predicted octanol–water partition coefficient (Wildman–Crippen LogP) is -0.718. The van der Waals surface area contributed by atoms with Crippen LogP contribution < -0.4 is 21.2 Å². The van der Waals surface area contributed by atoms with E-state index >= 15 is 0 Å². The molecule has 2 saturated carbocycles. The Morgan fingerprint density at radius 1 is 1.09 bits per heavy atom. The Hall–Kier alpha value is 0.730. The van der Waals surface area contributed by atoms with Crippen molar-refractivity contribution >= 4 is 0 Å². The van der Waals surface area contributed by atoms with Gasteiger partial charge in [0.05, 0.1) is 0 Å². The van der Waals surface area contributed by atoms with Gasteiger partial charge in [-0.15, -0.1) is 0 Å². The summed E-state index contributed by atoms with van der Waals surface area (Å²) in [5.74, 6) is 3.50. The van der Waals surface area contributed by atoms with E-state index in [2.05, 4.69) is 6.92 Å². The maximum atomic E-state index is 2.53. The summed E-state index contributed by atoms with van der Waals surface area (Å²) in [4.78, 5) is 0. The quantitative estimate of drug-likeness (QED) is 0.400. The first-order chi connectivity index (χ1) is 5.33. The summed E-state index contributed by atoms with van der Waals surface area (Å²) in [7, 11) is 0. The van der Waals surface area contributed by atoms with Gasteiger partial charge in [-0.3, -0.25) is 0 Å². The minimum absolute atomic E-state index is 0.636. The van der Waals surface area contributed by atoms with E-state index in [1.54, 1.807) is 25.7 Å². The summed E-state index contributed by atoms with van der Waals surface area (Å²) >= 11 is 0.636. The van der Waals surface area contributed by atoms with Crippen LogP contribution in [0.25, 0.3) is 0 Å². The van der Waals surface area contributed by atoms with Crippen LogP contribution in [-0.2, 0) is 0 Å². The molecule has 4 bridgehead atoms. The van der Waals surface area contributed by atoms with Gasteiger partial charge in [0.25, 0.3) is 0 Å². The van der Waals surface area contributed by atoms with Gasteiger partial charge in [0.15, 0.2) is 0 Å². The van der Waals surface area contributed by atoms with Crippen molar-refractivity contribution in [1.82, 2.24) is 0 Å². The number of halogens is 1. The maximum absolute atomic E-state index is 2.53. The molecule has 11 heavy (non-hydrogen) atoms. The molecule has 0 spiro atoms. The van der Waals surface area contributed by atoms with E-state index in [0.717, 1.165) is 5.92 Å². The molecule has 0 aromatic carbocycles. The molecule has 0 nitrogen and oxygen atoms in total. The fourth-order valence-corrected chi connectivity index (χ4v) is 8.88. The number of hydrogen-bond donors (Lipinski definition) is 0. The zero-order valence-corrected chi connectivity index (χ0v) is 9.25. The Bertz CT molecular complexity index is 148. The predicted molar refractivity (Wildman–Crippen MR) is 42.2 cm³/mol. The van der Waals surface area contributed by atoms with Crippen LogP contribution in [-0.4, -0.2) is 7.85 Å². The molecule has 5 atom stereocenters. The molecule has 2 aliphatic carbocycles. The molecule has 1 heteroatoms. The molecule has 2 heterocycles. The molecule has 4 rings (SSSR count). The Kier molecular flexibility index (Phi) is 1.54. The molecule has 0 aromatic rings. The first kappa shape index (κ1) is 7.16. The number of hydrogen-bond acceptors (Lipinski definition) is 0. The van der Waals surface area contributed by atoms with E-state index in [-0.39, 0.29) is 0 Å². The van der Waals surface area contributed by atoms with Crippen LogP contribution in [0.2, 0.25) is 0 Å². The van der Waals surface area contributed by atoms with Crippen molar-refractivity contribution in [2.45, 2.75) is 40.5 Å². The van der Waals surface area contributed by atoms with Crippen molar-refractivity contribution in [1.29, 1.82) is 0 Å². The normalized spacial score (nSPS) is 61.0. The standard InChI is InChI=1S/C10H16I/c1-6-8-2-7-3-9(5-8)11-10(6)4-7/h6-10H,2-5H2,1H3/q-1. The molecule has 5 unspecified atom stereocenters. The second kappa shape index (κ2) is 2.36. The van der Waals surface area contributed by atoms with Gasteiger partial charge in [-0.25, -0.2) is 0 Å². The van der Waals surface area contributed by atoms with Gasteiger partial charge < -0.3 is 0 Å². The van der Waals surface area contributed by atoms with Gasteiger partial charge in [-0.2, -0.15) is 0 Å². The number of rotatable bonds is 0. The van der Waals surface area contributed by atoms with Gasteiger partial charge in [0.2, 0.25) is 0 Å². The van der Waals surface area contributed by atoms with E-state index in [1.807, 2.05) is 0 Å². The summed E-state index contributed by atoms with van der Waals surface area (Å²) < 4.78 is 2.53. The SMILES string of the molecule is CC1C2CC3CC(C2)[I-]C1C3. The average Bonchev–Trinajstić information content (AvgIpc) is 1.98. The Morgan fingerprint density at radius 3 is 2.73 bits per heavy atom. The molecule has 64 valence electrons. The molecular formula is C10H16I-. The van der Waals surface area contributed by atoms with Crippen LogP contribution in [0.3, 0.4) is 0 Å². The molecule has 0 N–H and O–H groups in total. The van der Waals surface area contributed by atoms with Crippen molar-refractivity contribution in [3.8, 4) is 0 Å². The second-order valence-electron chi connectivity index (χ2n) is 4.67. The van der Waals surface area contributed by atoms with Gasteiger partial charge in [-0.05, 0) is 0 Å². The molecule has 2 aliphatic heterocycles. The van der Waals surface area contributed by atoms with Crippen LogP contribution in [0.4, 0.5) is 0 Å². The van der Waals surface area contributed by atoms with Crippen LogP contribution in [0.5, 0.6) is 0 Å². The van der Waals surface area contributed by atoms with Crippen molar-refractivity contribution in [3.05, 3.63) is 0 Å². The summed E-state index contributed by atoms with van der Waals surface area (Å²) in [6.07, 6.45) is 6.54. The molecule has 4 aliphatic rings. The summed E-state index contributed by atoms with van der Waals surface area (Å²) in [5, 5.41) is 0. The van der Waals surface area contributed by atoms with E-state index < -0.39 is 0 Å². The first-order valence-electron chi connectivity index (χ1n) is 4.95. The van der Waals surface area contributed by atoms with Crippen LogP contribution in [0.1, 0.15) is 32.6 Å². The molecular weight excluding hydrogens is 247 g/mol. The van der Waals surface area contributed by atoms with E-state index in [4.69, 9.17) is 0 Å². The van der Waals surface area contributed by atoms with E-state index in [1.165, 1.54) is 19.7 Å². The zero-order valence-electron chi connectivity index (χ0n) is 7.09. The third-order valence-electron chi connectivity index (χ3n) is 4.00. The van der Waals surface area contributed by atoms with Crippen molar-refractivity contribution in [3.63, 3.8) is 0 Å². The van der Waals surface area contributed by atoms with Crippen LogP contribution >= 0.6 is 0 Å². The Balaban J connectivity index is 1.91. The number of alkyl halides is 2. The van der Waals surface area contributed by atoms with E-state index in [0.29, 0.717) is 21.2 Å². The topological polar surface area (TPSA) is 0 Å². The monoisotopic (exact) mass is 263 g/mol. The summed E-state index contributed by atoms with van der Waals surface area (Å²) in [6.45, 7) is 2.53. The fraction of sp³-hybridized carbons (Fsp3) is 1.00. The van der Waals surface area contributed by atoms with Crippen molar-refractivity contribution < 1.29 is 21.2 Å². The third kappa shape index (κ3) is 0.991. The average molecular weight is 263 g/mol. The summed E-state index contributed by atoms with van der Waals surface area (Å²) in [6, 6.07) is 0. The van der Waals surface area contributed by atoms with Crippen molar-refractivity contribution in [2.75, 3.05) is 0 Å². The van der Waals surface area contributed by atoms with Gasteiger partial charge in [0, 0.05) is 0 Å².